The number of benzene rings is 1. The van der Waals surface area contributed by atoms with Gasteiger partial charge in [0, 0.05) is 19.0 Å². The van der Waals surface area contributed by atoms with Crippen LogP contribution < -0.4 is 0 Å². The van der Waals surface area contributed by atoms with Crippen LogP contribution in [0.5, 0.6) is 0 Å². The van der Waals surface area contributed by atoms with Crippen molar-refractivity contribution in [2.75, 3.05) is 19.6 Å². The van der Waals surface area contributed by atoms with Gasteiger partial charge in [0.25, 0.3) is 0 Å². The molecule has 94 valence electrons. The topological polar surface area (TPSA) is 3.24 Å². The molecule has 4 heteroatoms. The fraction of sp³-hybridized carbons (Fsp3) is 0.538. The van der Waals surface area contributed by atoms with Crippen LogP contribution in [0.4, 0.5) is 13.2 Å². The highest BCUT2D eigenvalue weighted by molar-refractivity contribution is 5.22. The van der Waals surface area contributed by atoms with Crippen LogP contribution in [-0.2, 0) is 0 Å². The summed E-state index contributed by atoms with van der Waals surface area (Å²) in [6.45, 7) is 2.26. The molecule has 0 unspecified atom stereocenters. The zero-order valence-corrected chi connectivity index (χ0v) is 9.74. The Labute approximate surface area is 99.2 Å². The number of hydrogen-bond acceptors (Lipinski definition) is 1. The van der Waals surface area contributed by atoms with E-state index in [9.17, 15) is 13.2 Å². The SMILES string of the molecule is C[C@@H]1CN(CC(F)(F)F)C[C@H]1c1ccccc1. The van der Waals surface area contributed by atoms with Crippen LogP contribution in [0.25, 0.3) is 0 Å². The minimum Gasteiger partial charge on any atom is -0.294 e. The molecule has 2 rings (SSSR count). The summed E-state index contributed by atoms with van der Waals surface area (Å²) in [5, 5.41) is 0. The number of hydrogen-bond donors (Lipinski definition) is 0. The molecule has 2 atom stereocenters. The Morgan fingerprint density at radius 3 is 2.41 bits per heavy atom. The number of alkyl halides is 3. The van der Waals surface area contributed by atoms with E-state index >= 15 is 0 Å². The number of likely N-dealkylation sites (tertiary alicyclic amines) is 1. The molecule has 0 radical (unpaired) electrons. The minimum absolute atomic E-state index is 0.221. The summed E-state index contributed by atoms with van der Waals surface area (Å²) >= 11 is 0. The molecule has 1 aliphatic heterocycles. The molecule has 1 fully saturated rings. The van der Waals surface area contributed by atoms with Gasteiger partial charge in [-0.25, -0.2) is 0 Å². The van der Waals surface area contributed by atoms with Gasteiger partial charge in [-0.2, -0.15) is 13.2 Å². The van der Waals surface area contributed by atoms with Gasteiger partial charge in [-0.3, -0.25) is 4.90 Å². The van der Waals surface area contributed by atoms with Gasteiger partial charge in [-0.05, 0) is 11.5 Å². The molecule has 0 amide bonds. The summed E-state index contributed by atoms with van der Waals surface area (Å²) in [6, 6.07) is 9.80. The molecule has 1 heterocycles. The highest BCUT2D eigenvalue weighted by atomic mass is 19.4. The summed E-state index contributed by atoms with van der Waals surface area (Å²) in [5.41, 5.74) is 1.14. The third-order valence-corrected chi connectivity index (χ3v) is 3.32. The molecule has 0 N–H and O–H groups in total. The summed E-state index contributed by atoms with van der Waals surface area (Å²) in [6.07, 6.45) is -4.09. The fourth-order valence-corrected chi connectivity index (χ4v) is 2.58. The molecule has 1 aromatic rings. The smallest absolute Gasteiger partial charge is 0.294 e. The summed E-state index contributed by atoms with van der Waals surface area (Å²) in [4.78, 5) is 1.50. The predicted molar refractivity (Wildman–Crippen MR) is 60.8 cm³/mol. The van der Waals surface area contributed by atoms with Crippen molar-refractivity contribution in [3.05, 3.63) is 35.9 Å². The maximum Gasteiger partial charge on any atom is 0.401 e. The van der Waals surface area contributed by atoms with E-state index in [2.05, 4.69) is 0 Å². The summed E-state index contributed by atoms with van der Waals surface area (Å²) in [7, 11) is 0. The first-order valence-electron chi connectivity index (χ1n) is 5.80. The molecule has 0 aliphatic carbocycles. The van der Waals surface area contributed by atoms with E-state index in [0.717, 1.165) is 5.56 Å². The molecule has 0 spiro atoms. The van der Waals surface area contributed by atoms with Crippen LogP contribution in [0.15, 0.2) is 30.3 Å². The van der Waals surface area contributed by atoms with Crippen LogP contribution >= 0.6 is 0 Å². The van der Waals surface area contributed by atoms with E-state index in [4.69, 9.17) is 0 Å². The Morgan fingerprint density at radius 1 is 1.18 bits per heavy atom. The van der Waals surface area contributed by atoms with Gasteiger partial charge in [0.2, 0.25) is 0 Å². The monoisotopic (exact) mass is 243 g/mol. The Morgan fingerprint density at radius 2 is 1.82 bits per heavy atom. The molecule has 0 saturated carbocycles. The van der Waals surface area contributed by atoms with Crippen LogP contribution in [0.1, 0.15) is 18.4 Å². The molecular formula is C13H16F3N. The quantitative estimate of drug-likeness (QED) is 0.770. The number of halogens is 3. The van der Waals surface area contributed by atoms with Gasteiger partial charge < -0.3 is 0 Å². The number of nitrogens with zero attached hydrogens (tertiary/aromatic N) is 1. The van der Waals surface area contributed by atoms with E-state index in [1.165, 1.54) is 4.90 Å². The zero-order valence-electron chi connectivity index (χ0n) is 9.74. The van der Waals surface area contributed by atoms with Gasteiger partial charge >= 0.3 is 6.18 Å². The average Bonchev–Trinajstić information content (AvgIpc) is 2.58. The predicted octanol–water partition coefficient (Wildman–Crippen LogP) is 3.28. The summed E-state index contributed by atoms with van der Waals surface area (Å²) in [5.74, 6) is 0.498. The molecule has 0 bridgehead atoms. The molecule has 0 aromatic heterocycles. The second-order valence-corrected chi connectivity index (χ2v) is 4.80. The first kappa shape index (κ1) is 12.4. The second kappa shape index (κ2) is 4.69. The van der Waals surface area contributed by atoms with Crippen molar-refractivity contribution in [3.63, 3.8) is 0 Å². The third kappa shape index (κ3) is 3.22. The lowest BCUT2D eigenvalue weighted by Gasteiger charge is -2.17. The van der Waals surface area contributed by atoms with E-state index in [1.807, 2.05) is 37.3 Å². The molecule has 1 aromatic carbocycles. The molecular weight excluding hydrogens is 227 g/mol. The van der Waals surface area contributed by atoms with Crippen molar-refractivity contribution in [3.8, 4) is 0 Å². The largest absolute Gasteiger partial charge is 0.401 e. The van der Waals surface area contributed by atoms with Gasteiger partial charge in [-0.15, -0.1) is 0 Å². The van der Waals surface area contributed by atoms with Gasteiger partial charge in [0.05, 0.1) is 6.54 Å². The Bertz CT molecular complexity index is 361. The van der Waals surface area contributed by atoms with Crippen molar-refractivity contribution in [2.24, 2.45) is 5.92 Å². The maximum absolute atomic E-state index is 12.3. The zero-order chi connectivity index (χ0) is 12.5. The third-order valence-electron chi connectivity index (χ3n) is 3.32. The van der Waals surface area contributed by atoms with E-state index in [-0.39, 0.29) is 11.8 Å². The lowest BCUT2D eigenvalue weighted by molar-refractivity contribution is -0.143. The first-order valence-corrected chi connectivity index (χ1v) is 5.80. The fourth-order valence-electron chi connectivity index (χ4n) is 2.58. The molecule has 1 nitrogen and oxygen atoms in total. The van der Waals surface area contributed by atoms with E-state index in [0.29, 0.717) is 13.1 Å². The maximum atomic E-state index is 12.3. The van der Waals surface area contributed by atoms with Crippen molar-refractivity contribution >= 4 is 0 Å². The molecule has 17 heavy (non-hydrogen) atoms. The van der Waals surface area contributed by atoms with Crippen molar-refractivity contribution in [1.29, 1.82) is 0 Å². The van der Waals surface area contributed by atoms with Gasteiger partial charge in [-0.1, -0.05) is 37.3 Å². The Balaban J connectivity index is 2.03. The lowest BCUT2D eigenvalue weighted by atomic mass is 9.90. The van der Waals surface area contributed by atoms with Gasteiger partial charge in [0.1, 0.15) is 0 Å². The van der Waals surface area contributed by atoms with Crippen molar-refractivity contribution in [2.45, 2.75) is 19.0 Å². The normalized spacial score (nSPS) is 26.4. The first-order chi connectivity index (χ1) is 7.96. The second-order valence-electron chi connectivity index (χ2n) is 4.80. The molecule has 1 saturated heterocycles. The van der Waals surface area contributed by atoms with Crippen LogP contribution in [-0.4, -0.2) is 30.7 Å². The average molecular weight is 243 g/mol. The van der Waals surface area contributed by atoms with Crippen molar-refractivity contribution in [1.82, 2.24) is 4.90 Å². The minimum atomic E-state index is -4.09. The van der Waals surface area contributed by atoms with Gasteiger partial charge in [0.15, 0.2) is 0 Å². The number of rotatable bonds is 2. The highest BCUT2D eigenvalue weighted by Crippen LogP contribution is 2.33. The van der Waals surface area contributed by atoms with Crippen LogP contribution in [0, 0.1) is 5.92 Å². The standard InChI is InChI=1S/C13H16F3N/c1-10-7-17(9-13(14,15)16)8-12(10)11-5-3-2-4-6-11/h2-6,10,12H,7-9H2,1H3/t10-,12-/m1/s1. The molecule has 1 aliphatic rings. The van der Waals surface area contributed by atoms with Crippen LogP contribution in [0.2, 0.25) is 0 Å². The van der Waals surface area contributed by atoms with E-state index < -0.39 is 12.7 Å². The lowest BCUT2D eigenvalue weighted by Crippen LogP contribution is -2.32. The van der Waals surface area contributed by atoms with E-state index in [1.54, 1.807) is 0 Å². The van der Waals surface area contributed by atoms with Crippen molar-refractivity contribution < 1.29 is 13.2 Å². The Kier molecular flexibility index (Phi) is 3.43. The van der Waals surface area contributed by atoms with Crippen LogP contribution in [0.3, 0.4) is 0 Å². The summed E-state index contributed by atoms with van der Waals surface area (Å²) < 4.78 is 37.0. The Hall–Kier alpha value is -1.03. The highest BCUT2D eigenvalue weighted by Gasteiger charge is 2.37.